The first-order valence-electron chi connectivity index (χ1n) is 5.62. The number of hydrogen-bond acceptors (Lipinski definition) is 2. The van der Waals surface area contributed by atoms with E-state index in [2.05, 4.69) is 4.98 Å². The molecule has 0 bridgehead atoms. The molecule has 0 aliphatic rings. The molecule has 0 atom stereocenters. The third-order valence-electron chi connectivity index (χ3n) is 2.91. The summed E-state index contributed by atoms with van der Waals surface area (Å²) in [6.45, 7) is 0. The van der Waals surface area contributed by atoms with E-state index in [1.807, 2.05) is 34.9 Å². The number of benzene rings is 1. The first kappa shape index (κ1) is 11.1. The van der Waals surface area contributed by atoms with Gasteiger partial charge < -0.3 is 9.51 Å². The molecule has 0 aliphatic carbocycles. The van der Waals surface area contributed by atoms with Crippen molar-refractivity contribution in [2.24, 2.45) is 0 Å². The van der Waals surface area contributed by atoms with Crippen LogP contribution in [0.5, 0.6) is 5.75 Å². The van der Waals surface area contributed by atoms with E-state index in [9.17, 15) is 5.11 Å². The summed E-state index contributed by atoms with van der Waals surface area (Å²) in [4.78, 5) is 4.37. The van der Waals surface area contributed by atoms with Crippen LogP contribution >= 0.6 is 11.6 Å². The highest BCUT2D eigenvalue weighted by molar-refractivity contribution is 6.30. The number of pyridine rings is 1. The number of imidazole rings is 1. The van der Waals surface area contributed by atoms with Crippen LogP contribution in [-0.4, -0.2) is 14.5 Å². The van der Waals surface area contributed by atoms with Crippen LogP contribution in [-0.2, 0) is 6.42 Å². The SMILES string of the molecule is Oc1ccccc1Cc1ncc2ccc(Cl)cn12. The minimum Gasteiger partial charge on any atom is -0.508 e. The molecule has 1 aromatic carbocycles. The van der Waals surface area contributed by atoms with E-state index in [0.29, 0.717) is 11.4 Å². The number of para-hydroxylation sites is 1. The monoisotopic (exact) mass is 258 g/mol. The third-order valence-corrected chi connectivity index (χ3v) is 3.13. The molecular weight excluding hydrogens is 248 g/mol. The van der Waals surface area contributed by atoms with E-state index < -0.39 is 0 Å². The zero-order valence-corrected chi connectivity index (χ0v) is 10.3. The Morgan fingerprint density at radius 3 is 2.83 bits per heavy atom. The number of hydrogen-bond donors (Lipinski definition) is 1. The number of phenols is 1. The molecule has 0 fully saturated rings. The molecule has 0 unspecified atom stereocenters. The van der Waals surface area contributed by atoms with E-state index in [1.54, 1.807) is 18.3 Å². The lowest BCUT2D eigenvalue weighted by atomic mass is 10.1. The molecule has 4 heteroatoms. The van der Waals surface area contributed by atoms with Gasteiger partial charge in [-0.2, -0.15) is 0 Å². The van der Waals surface area contributed by atoms with Gasteiger partial charge in [-0.3, -0.25) is 0 Å². The van der Waals surface area contributed by atoms with Crippen LogP contribution < -0.4 is 0 Å². The van der Waals surface area contributed by atoms with Crippen LogP contribution in [0.2, 0.25) is 5.02 Å². The van der Waals surface area contributed by atoms with E-state index in [1.165, 1.54) is 0 Å². The lowest BCUT2D eigenvalue weighted by Gasteiger charge is -2.04. The fourth-order valence-corrected chi connectivity index (χ4v) is 2.14. The van der Waals surface area contributed by atoms with Crippen LogP contribution in [0.3, 0.4) is 0 Å². The predicted octanol–water partition coefficient (Wildman–Crippen LogP) is 3.28. The maximum atomic E-state index is 9.77. The zero-order valence-electron chi connectivity index (χ0n) is 9.55. The van der Waals surface area contributed by atoms with Crippen molar-refractivity contribution in [1.82, 2.24) is 9.38 Å². The van der Waals surface area contributed by atoms with Crippen LogP contribution in [0.4, 0.5) is 0 Å². The van der Waals surface area contributed by atoms with Crippen LogP contribution in [0.15, 0.2) is 48.8 Å². The molecule has 90 valence electrons. The van der Waals surface area contributed by atoms with Gasteiger partial charge in [0.15, 0.2) is 0 Å². The molecule has 3 rings (SSSR count). The summed E-state index contributed by atoms with van der Waals surface area (Å²) in [7, 11) is 0. The molecule has 0 radical (unpaired) electrons. The summed E-state index contributed by atoms with van der Waals surface area (Å²) >= 11 is 5.98. The molecule has 2 aromatic heterocycles. The summed E-state index contributed by atoms with van der Waals surface area (Å²) in [5.74, 6) is 1.14. The van der Waals surface area contributed by atoms with Crippen molar-refractivity contribution < 1.29 is 5.11 Å². The molecule has 0 aliphatic heterocycles. The molecule has 0 spiro atoms. The Kier molecular flexibility index (Phi) is 2.68. The predicted molar refractivity (Wildman–Crippen MR) is 71.1 cm³/mol. The number of halogens is 1. The Bertz CT molecular complexity index is 706. The Morgan fingerprint density at radius 1 is 1.17 bits per heavy atom. The highest BCUT2D eigenvalue weighted by Crippen LogP contribution is 2.20. The number of phenolic OH excluding ortho intramolecular Hbond substituents is 1. The quantitative estimate of drug-likeness (QED) is 0.766. The van der Waals surface area contributed by atoms with Gasteiger partial charge in [0, 0.05) is 18.2 Å². The maximum absolute atomic E-state index is 9.77. The van der Waals surface area contributed by atoms with Crippen LogP contribution in [0.25, 0.3) is 5.52 Å². The van der Waals surface area contributed by atoms with Gasteiger partial charge in [-0.25, -0.2) is 4.98 Å². The lowest BCUT2D eigenvalue weighted by molar-refractivity contribution is 0.469. The Labute approximate surface area is 109 Å². The average Bonchev–Trinajstić information content (AvgIpc) is 2.75. The Hall–Kier alpha value is -2.00. The second kappa shape index (κ2) is 4.35. The van der Waals surface area contributed by atoms with Crippen molar-refractivity contribution >= 4 is 17.1 Å². The maximum Gasteiger partial charge on any atom is 0.119 e. The van der Waals surface area contributed by atoms with Crippen molar-refractivity contribution in [2.75, 3.05) is 0 Å². The van der Waals surface area contributed by atoms with Crippen LogP contribution in [0.1, 0.15) is 11.4 Å². The van der Waals surface area contributed by atoms with Gasteiger partial charge in [0.25, 0.3) is 0 Å². The molecule has 18 heavy (non-hydrogen) atoms. The summed E-state index contributed by atoms with van der Waals surface area (Å²) in [6, 6.07) is 11.0. The molecule has 1 N–H and O–H groups in total. The van der Waals surface area contributed by atoms with Gasteiger partial charge in [0.05, 0.1) is 16.7 Å². The minimum absolute atomic E-state index is 0.288. The highest BCUT2D eigenvalue weighted by atomic mass is 35.5. The first-order valence-corrected chi connectivity index (χ1v) is 6.00. The van der Waals surface area contributed by atoms with Gasteiger partial charge in [0.2, 0.25) is 0 Å². The summed E-state index contributed by atoms with van der Waals surface area (Å²) in [6.07, 6.45) is 4.20. The van der Waals surface area contributed by atoms with Gasteiger partial charge in [-0.1, -0.05) is 29.8 Å². The molecule has 0 amide bonds. The van der Waals surface area contributed by atoms with Gasteiger partial charge in [0.1, 0.15) is 11.6 Å². The summed E-state index contributed by atoms with van der Waals surface area (Å²) < 4.78 is 1.94. The molecule has 3 nitrogen and oxygen atoms in total. The van der Waals surface area contributed by atoms with Crippen LogP contribution in [0, 0.1) is 0 Å². The van der Waals surface area contributed by atoms with Crippen molar-refractivity contribution in [3.8, 4) is 5.75 Å². The number of aromatic hydroxyl groups is 1. The molecule has 0 saturated heterocycles. The van der Waals surface area contributed by atoms with Gasteiger partial charge >= 0.3 is 0 Å². The fourth-order valence-electron chi connectivity index (χ4n) is 1.98. The van der Waals surface area contributed by atoms with Crippen molar-refractivity contribution in [2.45, 2.75) is 6.42 Å². The van der Waals surface area contributed by atoms with Gasteiger partial charge in [-0.15, -0.1) is 0 Å². The number of nitrogens with zero attached hydrogens (tertiary/aromatic N) is 2. The molecule has 3 aromatic rings. The average molecular weight is 259 g/mol. The number of rotatable bonds is 2. The smallest absolute Gasteiger partial charge is 0.119 e. The number of aromatic nitrogens is 2. The summed E-state index contributed by atoms with van der Waals surface area (Å²) in [5, 5.41) is 10.4. The van der Waals surface area contributed by atoms with E-state index >= 15 is 0 Å². The second-order valence-electron chi connectivity index (χ2n) is 4.12. The summed E-state index contributed by atoms with van der Waals surface area (Å²) in [5.41, 5.74) is 1.84. The molecule has 0 saturated carbocycles. The molecule has 2 heterocycles. The largest absolute Gasteiger partial charge is 0.508 e. The Morgan fingerprint density at radius 2 is 2.00 bits per heavy atom. The third kappa shape index (κ3) is 1.93. The van der Waals surface area contributed by atoms with E-state index in [-0.39, 0.29) is 5.75 Å². The standard InChI is InChI=1S/C14H11ClN2O/c15-11-5-6-12-8-16-14(17(12)9-11)7-10-3-1-2-4-13(10)18/h1-6,8-9,18H,7H2. The highest BCUT2D eigenvalue weighted by Gasteiger charge is 2.07. The molecular formula is C14H11ClN2O. The van der Waals surface area contributed by atoms with Crippen molar-refractivity contribution in [3.05, 3.63) is 65.2 Å². The lowest BCUT2D eigenvalue weighted by Crippen LogP contribution is -1.96. The topological polar surface area (TPSA) is 37.5 Å². The van der Waals surface area contributed by atoms with Gasteiger partial charge in [-0.05, 0) is 18.2 Å². The van der Waals surface area contributed by atoms with E-state index in [4.69, 9.17) is 11.6 Å². The second-order valence-corrected chi connectivity index (χ2v) is 4.56. The van der Waals surface area contributed by atoms with Crippen molar-refractivity contribution in [3.63, 3.8) is 0 Å². The number of fused-ring (bicyclic) bond motifs is 1. The first-order chi connectivity index (χ1) is 8.74. The fraction of sp³-hybridized carbons (Fsp3) is 0.0714. The normalized spacial score (nSPS) is 10.9. The zero-order chi connectivity index (χ0) is 12.5. The minimum atomic E-state index is 0.288. The Balaban J connectivity index is 2.05. The van der Waals surface area contributed by atoms with E-state index in [0.717, 1.165) is 16.9 Å². The van der Waals surface area contributed by atoms with Crippen molar-refractivity contribution in [1.29, 1.82) is 0 Å².